The fourth-order valence-electron chi connectivity index (χ4n) is 5.47. The van der Waals surface area contributed by atoms with Gasteiger partial charge in [-0.1, -0.05) is 6.07 Å². The maximum Gasteiger partial charge on any atom is 0.124 e. The van der Waals surface area contributed by atoms with E-state index in [-0.39, 0.29) is 11.5 Å². The van der Waals surface area contributed by atoms with Crippen LogP contribution in [0.15, 0.2) is 12.1 Å². The molecule has 2 aliphatic heterocycles. The Morgan fingerprint density at radius 3 is 2.77 bits per heavy atom. The van der Waals surface area contributed by atoms with Crippen molar-refractivity contribution in [1.82, 2.24) is 9.80 Å². The molecule has 2 atom stereocenters. The van der Waals surface area contributed by atoms with Gasteiger partial charge in [-0.2, -0.15) is 0 Å². The van der Waals surface area contributed by atoms with Gasteiger partial charge in [0.05, 0.1) is 12.7 Å². The van der Waals surface area contributed by atoms with E-state index in [9.17, 15) is 5.11 Å². The predicted molar refractivity (Wildman–Crippen MR) is 105 cm³/mol. The van der Waals surface area contributed by atoms with Gasteiger partial charge in [-0.25, -0.2) is 0 Å². The Balaban J connectivity index is 1.53. The minimum absolute atomic E-state index is 0.0494. The predicted octanol–water partition coefficient (Wildman–Crippen LogP) is 2.85. The highest BCUT2D eigenvalue weighted by atomic mass is 16.5. The lowest BCUT2D eigenvalue weighted by atomic mass is 9.71. The Bertz CT molecular complexity index is 647. The molecule has 3 aliphatic rings. The van der Waals surface area contributed by atoms with Crippen molar-refractivity contribution < 1.29 is 9.84 Å². The SMILES string of the molecule is CCOc1cc2c(cc1CN1CCC[C@]3(CN(C)CC[C@@H]3O)C1)CCC2. The summed E-state index contributed by atoms with van der Waals surface area (Å²) in [6, 6.07) is 4.70. The molecule has 0 unspecified atom stereocenters. The van der Waals surface area contributed by atoms with Crippen molar-refractivity contribution in [3.8, 4) is 5.75 Å². The number of piperidine rings is 2. The van der Waals surface area contributed by atoms with Crippen LogP contribution in [-0.2, 0) is 19.4 Å². The second-order valence-corrected chi connectivity index (χ2v) is 8.73. The molecular formula is C22H34N2O2. The lowest BCUT2D eigenvalue weighted by molar-refractivity contribution is -0.0808. The molecule has 144 valence electrons. The highest BCUT2D eigenvalue weighted by Crippen LogP contribution is 2.39. The van der Waals surface area contributed by atoms with Crippen molar-refractivity contribution in [1.29, 1.82) is 0 Å². The number of ether oxygens (including phenoxy) is 1. The first-order valence-corrected chi connectivity index (χ1v) is 10.5. The molecule has 26 heavy (non-hydrogen) atoms. The molecule has 0 amide bonds. The quantitative estimate of drug-likeness (QED) is 0.898. The lowest BCUT2D eigenvalue weighted by Gasteiger charge is -2.50. The normalized spacial score (nSPS) is 29.9. The van der Waals surface area contributed by atoms with Crippen LogP contribution in [0.5, 0.6) is 5.75 Å². The minimum atomic E-state index is -0.159. The highest BCUT2D eigenvalue weighted by Gasteiger charge is 2.44. The molecule has 1 aromatic carbocycles. The lowest BCUT2D eigenvalue weighted by Crippen LogP contribution is -2.58. The minimum Gasteiger partial charge on any atom is -0.494 e. The smallest absolute Gasteiger partial charge is 0.124 e. The van der Waals surface area contributed by atoms with Gasteiger partial charge in [0.1, 0.15) is 5.75 Å². The standard InChI is InChI=1S/C22H34N2O2/c1-3-26-20-13-18-7-4-6-17(18)12-19(20)14-24-10-5-9-22(16-24)15-23(2)11-8-21(22)25/h12-13,21,25H,3-11,14-16H2,1-2H3/t21-,22-/m0/s1. The Kier molecular flexibility index (Phi) is 5.27. The summed E-state index contributed by atoms with van der Waals surface area (Å²) >= 11 is 0. The van der Waals surface area contributed by atoms with Crippen LogP contribution in [0.1, 0.15) is 49.3 Å². The van der Waals surface area contributed by atoms with E-state index >= 15 is 0 Å². The number of hydrogen-bond acceptors (Lipinski definition) is 4. The van der Waals surface area contributed by atoms with Crippen molar-refractivity contribution in [2.24, 2.45) is 5.41 Å². The summed E-state index contributed by atoms with van der Waals surface area (Å²) in [6.07, 6.45) is 6.76. The van der Waals surface area contributed by atoms with Gasteiger partial charge in [0.15, 0.2) is 0 Å². The molecular weight excluding hydrogens is 324 g/mol. The van der Waals surface area contributed by atoms with Crippen molar-refractivity contribution in [3.63, 3.8) is 0 Å². The molecule has 0 bridgehead atoms. The van der Waals surface area contributed by atoms with Gasteiger partial charge in [0, 0.05) is 37.2 Å². The fourth-order valence-corrected chi connectivity index (χ4v) is 5.47. The van der Waals surface area contributed by atoms with Crippen LogP contribution in [0.25, 0.3) is 0 Å². The Morgan fingerprint density at radius 2 is 1.96 bits per heavy atom. The van der Waals surface area contributed by atoms with E-state index in [2.05, 4.69) is 35.9 Å². The molecule has 0 aromatic heterocycles. The van der Waals surface area contributed by atoms with Gasteiger partial charge >= 0.3 is 0 Å². The van der Waals surface area contributed by atoms with Crippen molar-refractivity contribution in [2.45, 2.75) is 58.1 Å². The van der Waals surface area contributed by atoms with E-state index in [1.807, 2.05) is 0 Å². The highest BCUT2D eigenvalue weighted by molar-refractivity contribution is 5.45. The number of fused-ring (bicyclic) bond motifs is 1. The Labute approximate surface area is 158 Å². The van der Waals surface area contributed by atoms with Crippen LogP contribution in [0.2, 0.25) is 0 Å². The summed E-state index contributed by atoms with van der Waals surface area (Å²) in [5.74, 6) is 1.08. The zero-order chi connectivity index (χ0) is 18.1. The molecule has 4 heteroatoms. The maximum atomic E-state index is 10.8. The van der Waals surface area contributed by atoms with E-state index in [1.54, 1.807) is 0 Å². The first kappa shape index (κ1) is 18.3. The number of likely N-dealkylation sites (tertiary alicyclic amines) is 2. The van der Waals surface area contributed by atoms with Crippen LogP contribution in [0, 0.1) is 5.41 Å². The van der Waals surface area contributed by atoms with E-state index in [0.717, 1.165) is 57.9 Å². The fraction of sp³-hybridized carbons (Fsp3) is 0.727. The molecule has 2 heterocycles. The first-order chi connectivity index (χ1) is 12.6. The van der Waals surface area contributed by atoms with Crippen LogP contribution in [0.4, 0.5) is 0 Å². The molecule has 0 radical (unpaired) electrons. The first-order valence-electron chi connectivity index (χ1n) is 10.5. The van der Waals surface area contributed by atoms with Gasteiger partial charge < -0.3 is 14.7 Å². The van der Waals surface area contributed by atoms with Crippen LogP contribution in [0.3, 0.4) is 0 Å². The van der Waals surface area contributed by atoms with E-state index in [4.69, 9.17) is 4.74 Å². The topological polar surface area (TPSA) is 35.9 Å². The van der Waals surface area contributed by atoms with Crippen LogP contribution in [-0.4, -0.2) is 60.8 Å². The largest absolute Gasteiger partial charge is 0.494 e. The second-order valence-electron chi connectivity index (χ2n) is 8.73. The van der Waals surface area contributed by atoms with Gasteiger partial charge in [-0.05, 0) is 76.2 Å². The van der Waals surface area contributed by atoms with Gasteiger partial charge in [-0.3, -0.25) is 4.90 Å². The Hall–Kier alpha value is -1.10. The molecule has 1 N–H and O–H groups in total. The summed E-state index contributed by atoms with van der Waals surface area (Å²) in [6.45, 7) is 7.90. The van der Waals surface area contributed by atoms with Crippen LogP contribution >= 0.6 is 0 Å². The molecule has 4 rings (SSSR count). The summed E-state index contributed by atoms with van der Waals surface area (Å²) < 4.78 is 5.99. The number of aliphatic hydroxyl groups is 1. The molecule has 0 saturated carbocycles. The summed E-state index contributed by atoms with van der Waals surface area (Å²) in [4.78, 5) is 4.96. The molecule has 1 spiro atoms. The monoisotopic (exact) mass is 358 g/mol. The summed E-state index contributed by atoms with van der Waals surface area (Å²) in [5.41, 5.74) is 4.39. The average Bonchev–Trinajstić information content (AvgIpc) is 3.06. The van der Waals surface area contributed by atoms with Gasteiger partial charge in [0.2, 0.25) is 0 Å². The third-order valence-corrected chi connectivity index (χ3v) is 6.73. The molecule has 2 fully saturated rings. The number of nitrogens with zero attached hydrogens (tertiary/aromatic N) is 2. The number of rotatable bonds is 4. The van der Waals surface area contributed by atoms with E-state index in [0.29, 0.717) is 0 Å². The number of benzene rings is 1. The molecule has 4 nitrogen and oxygen atoms in total. The molecule has 2 saturated heterocycles. The van der Waals surface area contributed by atoms with Gasteiger partial charge in [-0.15, -0.1) is 0 Å². The summed E-state index contributed by atoms with van der Waals surface area (Å²) in [7, 11) is 2.19. The van der Waals surface area contributed by atoms with Crippen molar-refractivity contribution >= 4 is 0 Å². The summed E-state index contributed by atoms with van der Waals surface area (Å²) in [5, 5.41) is 10.8. The third kappa shape index (κ3) is 3.51. The third-order valence-electron chi connectivity index (χ3n) is 6.73. The number of hydrogen-bond donors (Lipinski definition) is 1. The van der Waals surface area contributed by atoms with Crippen molar-refractivity contribution in [3.05, 3.63) is 28.8 Å². The van der Waals surface area contributed by atoms with E-state index < -0.39 is 0 Å². The average molecular weight is 359 g/mol. The van der Waals surface area contributed by atoms with Crippen molar-refractivity contribution in [2.75, 3.05) is 39.8 Å². The number of aliphatic hydroxyl groups excluding tert-OH is 1. The molecule has 1 aliphatic carbocycles. The maximum absolute atomic E-state index is 10.8. The molecule has 1 aromatic rings. The van der Waals surface area contributed by atoms with Crippen LogP contribution < -0.4 is 4.74 Å². The number of aryl methyl sites for hydroxylation is 2. The Morgan fingerprint density at radius 1 is 1.15 bits per heavy atom. The second kappa shape index (κ2) is 7.49. The zero-order valence-corrected chi connectivity index (χ0v) is 16.5. The zero-order valence-electron chi connectivity index (χ0n) is 16.5. The van der Waals surface area contributed by atoms with E-state index in [1.165, 1.54) is 42.4 Å². The van der Waals surface area contributed by atoms with Gasteiger partial charge in [0.25, 0.3) is 0 Å².